The van der Waals surface area contributed by atoms with E-state index in [1.54, 1.807) is 0 Å². The third-order valence-corrected chi connectivity index (χ3v) is 3.52. The molecule has 1 aliphatic heterocycles. The zero-order chi connectivity index (χ0) is 14.0. The predicted octanol–water partition coefficient (Wildman–Crippen LogP) is 2.03. The molecule has 1 aromatic carbocycles. The summed E-state index contributed by atoms with van der Waals surface area (Å²) in [4.78, 5) is 13.5. The third kappa shape index (κ3) is 3.26. The van der Waals surface area contributed by atoms with Crippen LogP contribution in [-0.4, -0.2) is 31.2 Å². The number of nitrogens with zero attached hydrogens (tertiary/aromatic N) is 1. The second kappa shape index (κ2) is 5.21. The zero-order valence-corrected chi connectivity index (χ0v) is 11.9. The number of aryl methyl sites for hydroxylation is 1. The quantitative estimate of drug-likeness (QED) is 0.873. The standard InChI is InChI=1S/C15H22N2O2/c1-15(2,10-18)9-17(3)12-5-6-13-11(8-12)4-7-14(19)16-13/h5-6,8,18H,4,7,9-10H2,1-3H3,(H,16,19). The predicted molar refractivity (Wildman–Crippen MR) is 77.5 cm³/mol. The largest absolute Gasteiger partial charge is 0.396 e. The second-order valence-electron chi connectivity index (χ2n) is 6.07. The van der Waals surface area contributed by atoms with Gasteiger partial charge < -0.3 is 15.3 Å². The van der Waals surface area contributed by atoms with Gasteiger partial charge in [-0.15, -0.1) is 0 Å². The monoisotopic (exact) mass is 262 g/mol. The number of fused-ring (bicyclic) bond motifs is 1. The summed E-state index contributed by atoms with van der Waals surface area (Å²) in [7, 11) is 2.03. The van der Waals surface area contributed by atoms with Crippen molar-refractivity contribution in [1.82, 2.24) is 0 Å². The molecule has 19 heavy (non-hydrogen) atoms. The Bertz CT molecular complexity index is 483. The van der Waals surface area contributed by atoms with Gasteiger partial charge in [-0.25, -0.2) is 0 Å². The van der Waals surface area contributed by atoms with E-state index in [0.29, 0.717) is 6.42 Å². The fourth-order valence-electron chi connectivity index (χ4n) is 2.39. The molecule has 1 aromatic rings. The van der Waals surface area contributed by atoms with E-state index in [9.17, 15) is 9.90 Å². The topological polar surface area (TPSA) is 52.6 Å². The first kappa shape index (κ1) is 13.9. The molecule has 0 radical (unpaired) electrons. The molecule has 0 atom stereocenters. The Kier molecular flexibility index (Phi) is 3.80. The number of hydrogen-bond donors (Lipinski definition) is 2. The molecule has 2 rings (SSSR count). The first-order valence-electron chi connectivity index (χ1n) is 6.66. The van der Waals surface area contributed by atoms with Crippen molar-refractivity contribution in [2.75, 3.05) is 30.4 Å². The van der Waals surface area contributed by atoms with Crippen LogP contribution in [0.1, 0.15) is 25.8 Å². The molecule has 0 aromatic heterocycles. The number of benzene rings is 1. The highest BCUT2D eigenvalue weighted by molar-refractivity contribution is 5.94. The van der Waals surface area contributed by atoms with Gasteiger partial charge in [-0.3, -0.25) is 4.79 Å². The lowest BCUT2D eigenvalue weighted by molar-refractivity contribution is -0.116. The second-order valence-corrected chi connectivity index (χ2v) is 6.07. The Morgan fingerprint density at radius 3 is 2.79 bits per heavy atom. The van der Waals surface area contributed by atoms with E-state index in [-0.39, 0.29) is 17.9 Å². The van der Waals surface area contributed by atoms with Crippen molar-refractivity contribution in [1.29, 1.82) is 0 Å². The van der Waals surface area contributed by atoms with Crippen LogP contribution in [0.2, 0.25) is 0 Å². The van der Waals surface area contributed by atoms with Crippen LogP contribution in [0.5, 0.6) is 0 Å². The molecule has 0 saturated carbocycles. The molecular weight excluding hydrogens is 240 g/mol. The van der Waals surface area contributed by atoms with Gasteiger partial charge in [-0.1, -0.05) is 13.8 Å². The minimum atomic E-state index is -0.126. The molecule has 1 amide bonds. The number of hydrogen-bond acceptors (Lipinski definition) is 3. The normalized spacial score (nSPS) is 14.8. The van der Waals surface area contributed by atoms with Crippen LogP contribution >= 0.6 is 0 Å². The maximum atomic E-state index is 11.3. The van der Waals surface area contributed by atoms with Crippen LogP contribution in [0.3, 0.4) is 0 Å². The molecule has 0 unspecified atom stereocenters. The van der Waals surface area contributed by atoms with E-state index in [1.807, 2.05) is 33.0 Å². The lowest BCUT2D eigenvalue weighted by atomic mass is 9.94. The van der Waals surface area contributed by atoms with Crippen molar-refractivity contribution in [3.63, 3.8) is 0 Å². The summed E-state index contributed by atoms with van der Waals surface area (Å²) >= 11 is 0. The number of amides is 1. The van der Waals surface area contributed by atoms with Crippen LogP contribution in [0.15, 0.2) is 18.2 Å². The van der Waals surface area contributed by atoms with Crippen molar-refractivity contribution >= 4 is 17.3 Å². The van der Waals surface area contributed by atoms with Gasteiger partial charge in [0.05, 0.1) is 0 Å². The molecule has 0 fully saturated rings. The van der Waals surface area contributed by atoms with Crippen LogP contribution < -0.4 is 10.2 Å². The van der Waals surface area contributed by atoms with E-state index in [1.165, 1.54) is 5.56 Å². The molecule has 2 N–H and O–H groups in total. The maximum absolute atomic E-state index is 11.3. The van der Waals surface area contributed by atoms with Crippen LogP contribution in [-0.2, 0) is 11.2 Å². The fourth-order valence-corrected chi connectivity index (χ4v) is 2.39. The Hall–Kier alpha value is -1.55. The van der Waals surface area contributed by atoms with Crippen molar-refractivity contribution < 1.29 is 9.90 Å². The minimum absolute atomic E-state index is 0.0926. The average Bonchev–Trinajstić information content (AvgIpc) is 2.37. The number of carbonyl (C=O) groups excluding carboxylic acids is 1. The smallest absolute Gasteiger partial charge is 0.224 e. The lowest BCUT2D eigenvalue weighted by Gasteiger charge is -2.30. The fraction of sp³-hybridized carbons (Fsp3) is 0.533. The lowest BCUT2D eigenvalue weighted by Crippen LogP contribution is -2.34. The van der Waals surface area contributed by atoms with Crippen molar-refractivity contribution in [3.05, 3.63) is 23.8 Å². The highest BCUT2D eigenvalue weighted by atomic mass is 16.3. The van der Waals surface area contributed by atoms with Crippen LogP contribution in [0, 0.1) is 5.41 Å². The Morgan fingerprint density at radius 1 is 1.37 bits per heavy atom. The molecule has 1 heterocycles. The number of aliphatic hydroxyl groups excluding tert-OH is 1. The first-order valence-corrected chi connectivity index (χ1v) is 6.66. The van der Waals surface area contributed by atoms with Gasteiger partial charge >= 0.3 is 0 Å². The molecule has 0 spiro atoms. The third-order valence-electron chi connectivity index (χ3n) is 3.52. The van der Waals surface area contributed by atoms with Gasteiger partial charge in [-0.2, -0.15) is 0 Å². The van der Waals surface area contributed by atoms with Crippen molar-refractivity contribution in [2.45, 2.75) is 26.7 Å². The van der Waals surface area contributed by atoms with Gasteiger partial charge in [0.1, 0.15) is 0 Å². The molecule has 4 nitrogen and oxygen atoms in total. The number of rotatable bonds is 4. The van der Waals surface area contributed by atoms with Gasteiger partial charge in [-0.05, 0) is 30.2 Å². The summed E-state index contributed by atoms with van der Waals surface area (Å²) in [5.74, 6) is 0.0926. The SMILES string of the molecule is CN(CC(C)(C)CO)c1ccc2c(c1)CCC(=O)N2. The summed E-state index contributed by atoms with van der Waals surface area (Å²) in [6.45, 7) is 5.04. The number of aliphatic hydroxyl groups is 1. The van der Waals surface area contributed by atoms with E-state index < -0.39 is 0 Å². The number of carbonyl (C=O) groups is 1. The average molecular weight is 262 g/mol. The molecular formula is C15H22N2O2. The summed E-state index contributed by atoms with van der Waals surface area (Å²) in [6, 6.07) is 6.10. The van der Waals surface area contributed by atoms with E-state index >= 15 is 0 Å². The highest BCUT2D eigenvalue weighted by Crippen LogP contribution is 2.28. The Labute approximate surface area is 114 Å². The van der Waals surface area contributed by atoms with Crippen LogP contribution in [0.25, 0.3) is 0 Å². The Balaban J connectivity index is 2.16. The number of nitrogens with one attached hydrogen (secondary N) is 1. The van der Waals surface area contributed by atoms with Gasteiger partial charge in [0.2, 0.25) is 5.91 Å². The maximum Gasteiger partial charge on any atom is 0.224 e. The molecule has 104 valence electrons. The van der Waals surface area contributed by atoms with Gasteiger partial charge in [0.15, 0.2) is 0 Å². The van der Waals surface area contributed by atoms with E-state index in [2.05, 4.69) is 16.3 Å². The van der Waals surface area contributed by atoms with Crippen molar-refractivity contribution in [2.24, 2.45) is 5.41 Å². The summed E-state index contributed by atoms with van der Waals surface area (Å²) in [5.41, 5.74) is 3.11. The molecule has 0 saturated heterocycles. The summed E-state index contributed by atoms with van der Waals surface area (Å²) < 4.78 is 0. The molecule has 0 bridgehead atoms. The van der Waals surface area contributed by atoms with Crippen molar-refractivity contribution in [3.8, 4) is 0 Å². The summed E-state index contributed by atoms with van der Waals surface area (Å²) in [6.07, 6.45) is 1.36. The molecule has 1 aliphatic rings. The molecule has 0 aliphatic carbocycles. The van der Waals surface area contributed by atoms with Gasteiger partial charge in [0.25, 0.3) is 0 Å². The van der Waals surface area contributed by atoms with E-state index in [4.69, 9.17) is 0 Å². The minimum Gasteiger partial charge on any atom is -0.396 e. The first-order chi connectivity index (χ1) is 8.91. The Morgan fingerprint density at radius 2 is 2.11 bits per heavy atom. The highest BCUT2D eigenvalue weighted by Gasteiger charge is 2.20. The zero-order valence-electron chi connectivity index (χ0n) is 11.9. The van der Waals surface area contributed by atoms with E-state index in [0.717, 1.165) is 24.3 Å². The van der Waals surface area contributed by atoms with Crippen LogP contribution in [0.4, 0.5) is 11.4 Å². The van der Waals surface area contributed by atoms with Gasteiger partial charge in [0, 0.05) is 43.4 Å². The summed E-state index contributed by atoms with van der Waals surface area (Å²) in [5, 5.41) is 12.2. The number of anilines is 2. The molecule has 4 heteroatoms.